The first-order valence-electron chi connectivity index (χ1n) is 5.98. The van der Waals surface area contributed by atoms with Crippen LogP contribution in [0.2, 0.25) is 18.1 Å². The van der Waals surface area contributed by atoms with Gasteiger partial charge in [-0.3, -0.25) is 4.68 Å². The van der Waals surface area contributed by atoms with E-state index >= 15 is 0 Å². The quantitative estimate of drug-likeness (QED) is 0.845. The summed E-state index contributed by atoms with van der Waals surface area (Å²) in [5.41, 5.74) is 8.60. The molecular weight excluding hydrogens is 230 g/mol. The monoisotopic (exact) mass is 255 g/mol. The van der Waals surface area contributed by atoms with E-state index in [4.69, 9.17) is 10.2 Å². The van der Waals surface area contributed by atoms with Crippen LogP contribution in [-0.2, 0) is 18.1 Å². The molecule has 2 N–H and O–H groups in total. The lowest BCUT2D eigenvalue weighted by atomic mass is 10.2. The molecule has 0 fully saturated rings. The summed E-state index contributed by atoms with van der Waals surface area (Å²) in [6, 6.07) is 0. The molecule has 1 aromatic rings. The number of aromatic nitrogens is 2. The average Bonchev–Trinajstić information content (AvgIpc) is 2.41. The van der Waals surface area contributed by atoms with Gasteiger partial charge in [0, 0.05) is 7.05 Å². The van der Waals surface area contributed by atoms with Crippen LogP contribution in [0.4, 0.5) is 5.69 Å². The Labute approximate surface area is 105 Å². The highest BCUT2D eigenvalue weighted by atomic mass is 28.4. The second kappa shape index (κ2) is 4.46. The minimum Gasteiger partial charge on any atom is -0.411 e. The fourth-order valence-electron chi connectivity index (χ4n) is 1.26. The minimum absolute atomic E-state index is 0.214. The standard InChI is InChI=1S/C12H25N3OSi/c1-9-11(13)10(14-15(9)5)8-16-17(6,7)12(2,3)4/h8,13H2,1-7H3. The number of hydrogen-bond donors (Lipinski definition) is 1. The average molecular weight is 255 g/mol. The number of rotatable bonds is 3. The van der Waals surface area contributed by atoms with Crippen LogP contribution >= 0.6 is 0 Å². The Morgan fingerprint density at radius 1 is 1.35 bits per heavy atom. The summed E-state index contributed by atoms with van der Waals surface area (Å²) in [5, 5.41) is 4.60. The summed E-state index contributed by atoms with van der Waals surface area (Å²) in [4.78, 5) is 0. The van der Waals surface area contributed by atoms with Gasteiger partial charge in [-0.15, -0.1) is 0 Å². The van der Waals surface area contributed by atoms with Gasteiger partial charge in [-0.1, -0.05) is 20.8 Å². The van der Waals surface area contributed by atoms with E-state index in [0.717, 1.165) is 17.1 Å². The van der Waals surface area contributed by atoms with Crippen LogP contribution in [-0.4, -0.2) is 18.1 Å². The van der Waals surface area contributed by atoms with E-state index in [1.165, 1.54) is 0 Å². The molecule has 0 aliphatic rings. The number of anilines is 1. The summed E-state index contributed by atoms with van der Waals surface area (Å²) in [5.74, 6) is 0. The number of aryl methyl sites for hydroxylation is 1. The fourth-order valence-corrected chi connectivity index (χ4v) is 2.20. The lowest BCUT2D eigenvalue weighted by Crippen LogP contribution is -2.40. The predicted molar refractivity (Wildman–Crippen MR) is 74.3 cm³/mol. The van der Waals surface area contributed by atoms with E-state index in [1.807, 2.05) is 14.0 Å². The van der Waals surface area contributed by atoms with Crippen molar-refractivity contribution in [3.05, 3.63) is 11.4 Å². The molecule has 0 atom stereocenters. The summed E-state index contributed by atoms with van der Waals surface area (Å²) in [6.07, 6.45) is 0. The van der Waals surface area contributed by atoms with Crippen LogP contribution in [0, 0.1) is 6.92 Å². The second-order valence-electron chi connectivity index (χ2n) is 6.12. The van der Waals surface area contributed by atoms with Crippen LogP contribution in [0.5, 0.6) is 0 Å². The van der Waals surface area contributed by atoms with Gasteiger partial charge in [-0.2, -0.15) is 5.10 Å². The molecule has 1 aromatic heterocycles. The van der Waals surface area contributed by atoms with E-state index in [2.05, 4.69) is 39.0 Å². The normalized spacial score (nSPS) is 13.1. The molecule has 1 rings (SSSR count). The summed E-state index contributed by atoms with van der Waals surface area (Å²) < 4.78 is 7.92. The van der Waals surface area contributed by atoms with Crippen molar-refractivity contribution in [3.8, 4) is 0 Å². The van der Waals surface area contributed by atoms with Gasteiger partial charge in [-0.25, -0.2) is 0 Å². The van der Waals surface area contributed by atoms with Crippen molar-refractivity contribution in [2.45, 2.75) is 52.4 Å². The van der Waals surface area contributed by atoms with Crippen molar-refractivity contribution in [1.29, 1.82) is 0 Å². The van der Waals surface area contributed by atoms with Gasteiger partial charge in [0.15, 0.2) is 8.32 Å². The van der Waals surface area contributed by atoms with Crippen molar-refractivity contribution < 1.29 is 4.43 Å². The Hall–Kier alpha value is -0.813. The number of hydrogen-bond acceptors (Lipinski definition) is 3. The van der Waals surface area contributed by atoms with Gasteiger partial charge in [0.05, 0.1) is 18.0 Å². The molecule has 0 aliphatic carbocycles. The zero-order valence-corrected chi connectivity index (χ0v) is 13.1. The Balaban J connectivity index is 2.78. The first-order valence-corrected chi connectivity index (χ1v) is 8.89. The molecule has 0 radical (unpaired) electrons. The molecule has 0 aliphatic heterocycles. The third-order valence-electron chi connectivity index (χ3n) is 3.83. The Bertz CT molecular complexity index is 405. The van der Waals surface area contributed by atoms with Crippen LogP contribution in [0.25, 0.3) is 0 Å². The first-order chi connectivity index (χ1) is 7.56. The van der Waals surface area contributed by atoms with E-state index in [9.17, 15) is 0 Å². The van der Waals surface area contributed by atoms with E-state index in [1.54, 1.807) is 4.68 Å². The summed E-state index contributed by atoms with van der Waals surface area (Å²) in [7, 11) is 0.181. The van der Waals surface area contributed by atoms with Gasteiger partial charge in [-0.05, 0) is 25.1 Å². The minimum atomic E-state index is -1.72. The smallest absolute Gasteiger partial charge is 0.192 e. The highest BCUT2D eigenvalue weighted by molar-refractivity contribution is 6.74. The maximum absolute atomic E-state index is 6.11. The highest BCUT2D eigenvalue weighted by Gasteiger charge is 2.37. The fraction of sp³-hybridized carbons (Fsp3) is 0.750. The second-order valence-corrected chi connectivity index (χ2v) is 10.9. The molecule has 4 nitrogen and oxygen atoms in total. The maximum atomic E-state index is 6.11. The molecule has 17 heavy (non-hydrogen) atoms. The molecule has 0 saturated carbocycles. The largest absolute Gasteiger partial charge is 0.411 e. The molecule has 0 bridgehead atoms. The highest BCUT2D eigenvalue weighted by Crippen LogP contribution is 2.37. The van der Waals surface area contributed by atoms with Gasteiger partial charge in [0.25, 0.3) is 0 Å². The Morgan fingerprint density at radius 2 is 1.88 bits per heavy atom. The van der Waals surface area contributed by atoms with Gasteiger partial charge < -0.3 is 10.2 Å². The third kappa shape index (κ3) is 2.90. The van der Waals surface area contributed by atoms with Crippen molar-refractivity contribution in [2.24, 2.45) is 7.05 Å². The molecule has 0 unspecified atom stereocenters. The van der Waals surface area contributed by atoms with Crippen molar-refractivity contribution in [3.63, 3.8) is 0 Å². The molecular formula is C12H25N3OSi. The van der Waals surface area contributed by atoms with Crippen molar-refractivity contribution in [2.75, 3.05) is 5.73 Å². The van der Waals surface area contributed by atoms with E-state index < -0.39 is 8.32 Å². The van der Waals surface area contributed by atoms with E-state index in [-0.39, 0.29) is 5.04 Å². The molecule has 1 heterocycles. The zero-order chi connectivity index (χ0) is 13.4. The summed E-state index contributed by atoms with van der Waals surface area (Å²) >= 11 is 0. The molecule has 98 valence electrons. The lowest BCUT2D eigenvalue weighted by molar-refractivity contribution is 0.271. The SMILES string of the molecule is Cc1c(N)c(CO[Si](C)(C)C(C)(C)C)nn1C. The van der Waals surface area contributed by atoms with Crippen molar-refractivity contribution in [1.82, 2.24) is 9.78 Å². The number of nitrogen functional groups attached to an aromatic ring is 1. The van der Waals surface area contributed by atoms with Crippen LogP contribution < -0.4 is 5.73 Å². The van der Waals surface area contributed by atoms with E-state index in [0.29, 0.717) is 6.61 Å². The Morgan fingerprint density at radius 3 is 2.24 bits per heavy atom. The first kappa shape index (κ1) is 14.2. The summed E-state index contributed by atoms with van der Waals surface area (Å²) in [6.45, 7) is 13.6. The van der Waals surface area contributed by atoms with Gasteiger partial charge in [0.2, 0.25) is 0 Å². The van der Waals surface area contributed by atoms with Crippen molar-refractivity contribution >= 4 is 14.0 Å². The topological polar surface area (TPSA) is 53.1 Å². The van der Waals surface area contributed by atoms with Crippen LogP contribution in [0.3, 0.4) is 0 Å². The molecule has 5 heteroatoms. The van der Waals surface area contributed by atoms with Crippen LogP contribution in [0.15, 0.2) is 0 Å². The maximum Gasteiger partial charge on any atom is 0.192 e. The molecule has 0 aromatic carbocycles. The molecule has 0 saturated heterocycles. The zero-order valence-electron chi connectivity index (χ0n) is 12.1. The predicted octanol–water partition coefficient (Wildman–Crippen LogP) is 2.83. The van der Waals surface area contributed by atoms with Gasteiger partial charge >= 0.3 is 0 Å². The van der Waals surface area contributed by atoms with Crippen LogP contribution in [0.1, 0.15) is 32.2 Å². The Kier molecular flexibility index (Phi) is 3.74. The lowest BCUT2D eigenvalue weighted by Gasteiger charge is -2.35. The number of nitrogens with two attached hydrogens (primary N) is 1. The third-order valence-corrected chi connectivity index (χ3v) is 8.31. The number of nitrogens with zero attached hydrogens (tertiary/aromatic N) is 2. The molecule has 0 spiro atoms. The molecule has 0 amide bonds. The van der Waals surface area contributed by atoms with Gasteiger partial charge in [0.1, 0.15) is 5.69 Å².